The van der Waals surface area contributed by atoms with Gasteiger partial charge >= 0.3 is 5.97 Å². The Morgan fingerprint density at radius 2 is 1.48 bits per heavy atom. The minimum absolute atomic E-state index is 0.0288. The van der Waals surface area contributed by atoms with Gasteiger partial charge in [-0.2, -0.15) is 0 Å². The van der Waals surface area contributed by atoms with E-state index < -0.39 is 29.4 Å². The van der Waals surface area contributed by atoms with Gasteiger partial charge in [-0.3, -0.25) is 9.59 Å². The summed E-state index contributed by atoms with van der Waals surface area (Å²) < 4.78 is 13.6. The number of hydroxylamine groups is 2. The maximum absolute atomic E-state index is 13.6. The van der Waals surface area contributed by atoms with Gasteiger partial charge in [-0.25, -0.2) is 9.18 Å². The number of carbonyl (C=O) groups excluding carboxylic acids is 3. The lowest BCUT2D eigenvalue weighted by Gasteiger charge is -2.42. The number of hydrogen-bond donors (Lipinski definition) is 0. The van der Waals surface area contributed by atoms with Crippen LogP contribution in [-0.2, 0) is 15.0 Å². The van der Waals surface area contributed by atoms with Crippen LogP contribution in [-0.4, -0.2) is 29.0 Å². The summed E-state index contributed by atoms with van der Waals surface area (Å²) in [4.78, 5) is 42.6. The molecule has 1 saturated carbocycles. The first kappa shape index (κ1) is 15.5. The predicted molar refractivity (Wildman–Crippen MR) is 85.3 cm³/mol. The predicted octanol–water partition coefficient (Wildman–Crippen LogP) is 2.81. The van der Waals surface area contributed by atoms with E-state index in [1.807, 2.05) is 0 Å². The lowest BCUT2D eigenvalue weighted by atomic mass is 9.63. The number of imide groups is 1. The summed E-state index contributed by atoms with van der Waals surface area (Å²) in [5, 5.41) is 0.475. The highest BCUT2D eigenvalue weighted by atomic mass is 19.1. The Hall–Kier alpha value is -3.02. The van der Waals surface area contributed by atoms with Crippen molar-refractivity contribution in [1.82, 2.24) is 5.06 Å². The van der Waals surface area contributed by atoms with Crippen molar-refractivity contribution in [3.05, 3.63) is 71.3 Å². The number of alkyl halides is 1. The van der Waals surface area contributed by atoms with E-state index >= 15 is 0 Å². The molecular formula is C19H14FNO4. The highest BCUT2D eigenvalue weighted by Crippen LogP contribution is 2.46. The van der Waals surface area contributed by atoms with Crippen molar-refractivity contribution < 1.29 is 23.6 Å². The Kier molecular flexibility index (Phi) is 3.42. The van der Waals surface area contributed by atoms with Crippen LogP contribution < -0.4 is 0 Å². The van der Waals surface area contributed by atoms with Gasteiger partial charge in [-0.15, -0.1) is 0 Å². The van der Waals surface area contributed by atoms with Crippen molar-refractivity contribution in [3.8, 4) is 0 Å². The number of benzene rings is 2. The van der Waals surface area contributed by atoms with Gasteiger partial charge in [0.1, 0.15) is 11.6 Å². The van der Waals surface area contributed by atoms with Gasteiger partial charge in [0.15, 0.2) is 0 Å². The Labute approximate surface area is 143 Å². The molecule has 6 heteroatoms. The largest absolute Gasteiger partial charge is 0.343 e. The summed E-state index contributed by atoms with van der Waals surface area (Å²) in [6, 6.07) is 15.0. The molecule has 2 aromatic carbocycles. The average Bonchev–Trinajstić information content (AvgIpc) is 2.85. The Balaban J connectivity index is 1.62. The molecule has 0 spiro atoms. The second-order valence-electron chi connectivity index (χ2n) is 6.28. The van der Waals surface area contributed by atoms with Crippen LogP contribution in [0, 0.1) is 0 Å². The monoisotopic (exact) mass is 339 g/mol. The van der Waals surface area contributed by atoms with Gasteiger partial charge in [0.25, 0.3) is 11.8 Å². The summed E-state index contributed by atoms with van der Waals surface area (Å²) in [6.07, 6.45) is -1.17. The van der Waals surface area contributed by atoms with E-state index in [1.54, 1.807) is 42.5 Å². The van der Waals surface area contributed by atoms with Gasteiger partial charge in [-0.1, -0.05) is 47.5 Å². The maximum Gasteiger partial charge on any atom is 0.343 e. The summed E-state index contributed by atoms with van der Waals surface area (Å²) in [5.41, 5.74) is -0.182. The van der Waals surface area contributed by atoms with Crippen molar-refractivity contribution in [2.75, 3.05) is 0 Å². The molecule has 0 saturated heterocycles. The van der Waals surface area contributed by atoms with E-state index in [2.05, 4.69) is 0 Å². The third-order valence-corrected chi connectivity index (χ3v) is 4.79. The van der Waals surface area contributed by atoms with Crippen LogP contribution in [0.1, 0.15) is 39.1 Å². The topological polar surface area (TPSA) is 63.7 Å². The number of rotatable bonds is 3. The number of halogens is 1. The fourth-order valence-corrected chi connectivity index (χ4v) is 3.39. The molecular weight excluding hydrogens is 325 g/mol. The minimum Gasteiger partial charge on any atom is -0.329 e. The van der Waals surface area contributed by atoms with E-state index in [9.17, 15) is 18.8 Å². The first-order valence-corrected chi connectivity index (χ1v) is 7.93. The molecule has 0 aromatic heterocycles. The fraction of sp³-hybridized carbons (Fsp3) is 0.211. The number of hydrogen-bond acceptors (Lipinski definition) is 4. The molecule has 0 unspecified atom stereocenters. The maximum atomic E-state index is 13.6. The zero-order valence-electron chi connectivity index (χ0n) is 13.1. The highest BCUT2D eigenvalue weighted by molar-refractivity contribution is 6.21. The molecule has 1 fully saturated rings. The van der Waals surface area contributed by atoms with Crippen molar-refractivity contribution in [1.29, 1.82) is 0 Å². The second-order valence-corrected chi connectivity index (χ2v) is 6.28. The molecule has 1 aliphatic carbocycles. The summed E-state index contributed by atoms with van der Waals surface area (Å²) in [6.45, 7) is 0. The molecule has 0 radical (unpaired) electrons. The number of nitrogens with zero attached hydrogens (tertiary/aromatic N) is 1. The van der Waals surface area contributed by atoms with Crippen LogP contribution in [0.15, 0.2) is 54.6 Å². The molecule has 2 aliphatic rings. The molecule has 0 atom stereocenters. The molecule has 0 N–H and O–H groups in total. The molecule has 1 aliphatic heterocycles. The quantitative estimate of drug-likeness (QED) is 0.807. The summed E-state index contributed by atoms with van der Waals surface area (Å²) in [7, 11) is 0. The SMILES string of the molecule is O=C1c2ccccc2C(=O)N1OC(=O)C1(c2ccccc2)CC(F)C1. The van der Waals surface area contributed by atoms with E-state index in [4.69, 9.17) is 4.84 Å². The standard InChI is InChI=1S/C19H14FNO4/c20-13-10-19(11-13,12-6-2-1-3-7-12)18(24)25-21-16(22)14-8-4-5-9-15(14)17(21)23/h1-9,13H,10-11H2. The average molecular weight is 339 g/mol. The minimum atomic E-state index is -1.17. The summed E-state index contributed by atoms with van der Waals surface area (Å²) >= 11 is 0. The highest BCUT2D eigenvalue weighted by Gasteiger charge is 2.55. The van der Waals surface area contributed by atoms with Crippen LogP contribution in [0.3, 0.4) is 0 Å². The fourth-order valence-electron chi connectivity index (χ4n) is 3.39. The van der Waals surface area contributed by atoms with Gasteiger partial charge in [0.05, 0.1) is 11.1 Å². The van der Waals surface area contributed by atoms with Crippen molar-refractivity contribution in [2.24, 2.45) is 0 Å². The van der Waals surface area contributed by atoms with Gasteiger partial charge in [0, 0.05) is 0 Å². The molecule has 2 amide bonds. The Morgan fingerprint density at radius 3 is 2.00 bits per heavy atom. The third-order valence-electron chi connectivity index (χ3n) is 4.79. The van der Waals surface area contributed by atoms with E-state index in [1.165, 1.54) is 12.1 Å². The molecule has 25 heavy (non-hydrogen) atoms. The van der Waals surface area contributed by atoms with E-state index in [0.717, 1.165) is 0 Å². The number of amides is 2. The lowest BCUT2D eigenvalue weighted by Crippen LogP contribution is -2.52. The van der Waals surface area contributed by atoms with Crippen LogP contribution in [0.2, 0.25) is 0 Å². The number of fused-ring (bicyclic) bond motifs is 1. The van der Waals surface area contributed by atoms with Crippen LogP contribution in [0.25, 0.3) is 0 Å². The zero-order valence-corrected chi connectivity index (χ0v) is 13.1. The van der Waals surface area contributed by atoms with E-state index in [0.29, 0.717) is 10.6 Å². The zero-order chi connectivity index (χ0) is 17.6. The van der Waals surface area contributed by atoms with Gasteiger partial charge in [0.2, 0.25) is 0 Å². The smallest absolute Gasteiger partial charge is 0.329 e. The van der Waals surface area contributed by atoms with Crippen molar-refractivity contribution in [2.45, 2.75) is 24.4 Å². The third kappa shape index (κ3) is 2.25. The molecule has 1 heterocycles. The Morgan fingerprint density at radius 1 is 0.960 bits per heavy atom. The van der Waals surface area contributed by atoms with Crippen molar-refractivity contribution >= 4 is 17.8 Å². The molecule has 5 nitrogen and oxygen atoms in total. The second kappa shape index (κ2) is 5.51. The first-order chi connectivity index (χ1) is 12.0. The molecule has 0 bridgehead atoms. The first-order valence-electron chi connectivity index (χ1n) is 7.93. The van der Waals surface area contributed by atoms with Crippen LogP contribution in [0.4, 0.5) is 4.39 Å². The van der Waals surface area contributed by atoms with Crippen LogP contribution >= 0.6 is 0 Å². The van der Waals surface area contributed by atoms with Gasteiger partial charge < -0.3 is 4.84 Å². The van der Waals surface area contributed by atoms with Crippen LogP contribution in [0.5, 0.6) is 0 Å². The molecule has 2 aromatic rings. The summed E-state index contributed by atoms with van der Waals surface area (Å²) in [5.74, 6) is -2.16. The molecule has 126 valence electrons. The molecule has 4 rings (SSSR count). The Bertz CT molecular complexity index is 839. The van der Waals surface area contributed by atoms with E-state index in [-0.39, 0.29) is 24.0 Å². The normalized spacial score (nSPS) is 24.7. The lowest BCUT2D eigenvalue weighted by molar-refractivity contribution is -0.182. The van der Waals surface area contributed by atoms with Crippen molar-refractivity contribution in [3.63, 3.8) is 0 Å². The number of carbonyl (C=O) groups is 3. The van der Waals surface area contributed by atoms with Gasteiger partial charge in [-0.05, 0) is 30.5 Å².